The molecule has 1 fully saturated rings. The molecule has 0 bridgehead atoms. The van der Waals surface area contributed by atoms with Crippen molar-refractivity contribution < 1.29 is 23.7 Å². The Morgan fingerprint density at radius 1 is 1.12 bits per heavy atom. The van der Waals surface area contributed by atoms with Crippen LogP contribution in [0.15, 0.2) is 36.4 Å². The van der Waals surface area contributed by atoms with E-state index in [2.05, 4.69) is 6.07 Å². The molecule has 0 unspecified atom stereocenters. The van der Waals surface area contributed by atoms with Gasteiger partial charge in [-0.1, -0.05) is 23.7 Å². The second kappa shape index (κ2) is 9.10. The van der Waals surface area contributed by atoms with Crippen LogP contribution in [0.2, 0.25) is 5.02 Å². The van der Waals surface area contributed by atoms with Gasteiger partial charge in [-0.25, -0.2) is 4.79 Å². The van der Waals surface area contributed by atoms with Gasteiger partial charge in [0.15, 0.2) is 17.6 Å². The van der Waals surface area contributed by atoms with Crippen molar-refractivity contribution in [2.24, 2.45) is 0 Å². The van der Waals surface area contributed by atoms with Crippen LogP contribution < -0.4 is 14.2 Å². The molecule has 7 heteroatoms. The topological polar surface area (TPSA) is 57.2 Å². The third kappa shape index (κ3) is 4.90. The van der Waals surface area contributed by atoms with Gasteiger partial charge >= 0.3 is 6.09 Å². The van der Waals surface area contributed by atoms with Crippen molar-refractivity contribution in [3.63, 3.8) is 0 Å². The highest BCUT2D eigenvalue weighted by Gasteiger charge is 2.32. The fraction of sp³-hybridized carbons (Fsp3) is 0.480. The summed E-state index contributed by atoms with van der Waals surface area (Å²) in [6.45, 7) is 7.36. The van der Waals surface area contributed by atoms with Crippen molar-refractivity contribution in [1.29, 1.82) is 0 Å². The fourth-order valence-corrected chi connectivity index (χ4v) is 4.40. The van der Waals surface area contributed by atoms with Crippen molar-refractivity contribution in [3.8, 4) is 17.2 Å². The number of nitrogens with zero attached hydrogens (tertiary/aromatic N) is 1. The molecule has 1 saturated heterocycles. The first-order chi connectivity index (χ1) is 15.2. The quantitative estimate of drug-likeness (QED) is 0.565. The predicted octanol–water partition coefficient (Wildman–Crippen LogP) is 5.98. The summed E-state index contributed by atoms with van der Waals surface area (Å²) >= 11 is 6.12. The molecule has 2 aliphatic rings. The summed E-state index contributed by atoms with van der Waals surface area (Å²) in [6.07, 6.45) is 1.14. The Morgan fingerprint density at radius 2 is 1.88 bits per heavy atom. The number of hydrogen-bond acceptors (Lipinski definition) is 5. The van der Waals surface area contributed by atoms with E-state index in [4.69, 9.17) is 30.5 Å². The predicted molar refractivity (Wildman–Crippen MR) is 123 cm³/mol. The second-order valence-electron chi connectivity index (χ2n) is 9.22. The maximum absolute atomic E-state index is 12.4. The molecule has 4 rings (SSSR count). The Balaban J connectivity index is 1.50. The number of benzene rings is 2. The number of methoxy groups -OCH3 is 1. The highest BCUT2D eigenvalue weighted by atomic mass is 35.5. The normalized spacial score (nSPS) is 18.9. The lowest BCUT2D eigenvalue weighted by molar-refractivity contribution is 0.0203. The Morgan fingerprint density at radius 3 is 2.56 bits per heavy atom. The number of amides is 1. The van der Waals surface area contributed by atoms with E-state index in [1.165, 1.54) is 0 Å². The Bertz CT molecular complexity index is 979. The number of piperidine rings is 1. The van der Waals surface area contributed by atoms with Gasteiger partial charge in [-0.3, -0.25) is 0 Å². The first kappa shape index (κ1) is 22.6. The zero-order valence-electron chi connectivity index (χ0n) is 19.0. The molecule has 2 aliphatic heterocycles. The summed E-state index contributed by atoms with van der Waals surface area (Å²) < 4.78 is 23.6. The van der Waals surface area contributed by atoms with Gasteiger partial charge in [-0.05, 0) is 63.8 Å². The van der Waals surface area contributed by atoms with E-state index >= 15 is 0 Å². The lowest BCUT2D eigenvalue weighted by Gasteiger charge is -2.35. The van der Waals surface area contributed by atoms with Gasteiger partial charge in [0.05, 0.1) is 7.11 Å². The number of carbonyl (C=O) groups excluding carboxylic acids is 1. The molecule has 1 atom stereocenters. The molecule has 2 heterocycles. The van der Waals surface area contributed by atoms with Crippen LogP contribution in [-0.2, 0) is 4.74 Å². The first-order valence-electron chi connectivity index (χ1n) is 11.0. The average molecular weight is 460 g/mol. The summed E-state index contributed by atoms with van der Waals surface area (Å²) in [7, 11) is 1.62. The minimum absolute atomic E-state index is 0.250. The molecule has 0 N–H and O–H groups in total. The molecule has 32 heavy (non-hydrogen) atoms. The number of likely N-dealkylation sites (tertiary alicyclic amines) is 1. The van der Waals surface area contributed by atoms with E-state index in [0.29, 0.717) is 30.5 Å². The molecule has 0 aromatic heterocycles. The van der Waals surface area contributed by atoms with Gasteiger partial charge in [0.1, 0.15) is 18.0 Å². The SMILES string of the molecule is COc1cc(Cl)ccc1[C@H]1COc2cccc(C3CCN(C(=O)OC(C)(C)C)CC3)c2O1. The first-order valence-corrected chi connectivity index (χ1v) is 11.4. The third-order valence-electron chi connectivity index (χ3n) is 5.79. The molecule has 0 saturated carbocycles. The van der Waals surface area contributed by atoms with Gasteiger partial charge in [-0.2, -0.15) is 0 Å². The smallest absolute Gasteiger partial charge is 0.410 e. The molecule has 2 aromatic carbocycles. The largest absolute Gasteiger partial charge is 0.496 e. The van der Waals surface area contributed by atoms with Crippen LogP contribution in [0.1, 0.15) is 56.8 Å². The van der Waals surface area contributed by atoms with Crippen LogP contribution in [-0.4, -0.2) is 43.4 Å². The van der Waals surface area contributed by atoms with E-state index in [1.54, 1.807) is 18.1 Å². The molecule has 172 valence electrons. The van der Waals surface area contributed by atoms with Crippen LogP contribution in [0.25, 0.3) is 0 Å². The second-order valence-corrected chi connectivity index (χ2v) is 9.66. The van der Waals surface area contributed by atoms with E-state index in [1.807, 2.05) is 45.0 Å². The molecular formula is C25H30ClNO5. The van der Waals surface area contributed by atoms with Gasteiger partial charge in [0.25, 0.3) is 0 Å². The zero-order valence-corrected chi connectivity index (χ0v) is 19.8. The Kier molecular flexibility index (Phi) is 6.42. The average Bonchev–Trinajstić information content (AvgIpc) is 2.77. The number of ether oxygens (including phenoxy) is 4. The molecule has 6 nitrogen and oxygen atoms in total. The van der Waals surface area contributed by atoms with Gasteiger partial charge in [0.2, 0.25) is 0 Å². The van der Waals surface area contributed by atoms with Gasteiger partial charge in [0, 0.05) is 29.2 Å². The van der Waals surface area contributed by atoms with Crippen molar-refractivity contribution >= 4 is 17.7 Å². The minimum Gasteiger partial charge on any atom is -0.496 e. The summed E-state index contributed by atoms with van der Waals surface area (Å²) in [5.74, 6) is 2.48. The number of rotatable bonds is 3. The summed E-state index contributed by atoms with van der Waals surface area (Å²) in [5, 5.41) is 0.611. The van der Waals surface area contributed by atoms with E-state index in [9.17, 15) is 4.79 Å². The molecule has 1 amide bonds. The Hall–Kier alpha value is -2.60. The lowest BCUT2D eigenvalue weighted by Crippen LogP contribution is -2.41. The van der Waals surface area contributed by atoms with E-state index in [-0.39, 0.29) is 18.1 Å². The number of halogens is 1. The zero-order chi connectivity index (χ0) is 22.9. The van der Waals surface area contributed by atoms with E-state index < -0.39 is 5.60 Å². The molecule has 0 radical (unpaired) electrons. The van der Waals surface area contributed by atoms with Crippen molar-refractivity contribution in [1.82, 2.24) is 4.90 Å². The molecule has 0 spiro atoms. The van der Waals surface area contributed by atoms with Crippen molar-refractivity contribution in [2.45, 2.75) is 51.2 Å². The molecular weight excluding hydrogens is 430 g/mol. The number of hydrogen-bond donors (Lipinski definition) is 0. The fourth-order valence-electron chi connectivity index (χ4n) is 4.24. The monoisotopic (exact) mass is 459 g/mol. The molecule has 0 aliphatic carbocycles. The maximum atomic E-state index is 12.4. The number of fused-ring (bicyclic) bond motifs is 1. The number of para-hydroxylation sites is 1. The Labute approximate surface area is 194 Å². The van der Waals surface area contributed by atoms with Crippen LogP contribution in [0.5, 0.6) is 17.2 Å². The van der Waals surface area contributed by atoms with Crippen molar-refractivity contribution in [2.75, 3.05) is 26.8 Å². The molecule has 2 aromatic rings. The highest BCUT2D eigenvalue weighted by molar-refractivity contribution is 6.30. The summed E-state index contributed by atoms with van der Waals surface area (Å²) in [4.78, 5) is 14.2. The van der Waals surface area contributed by atoms with Crippen LogP contribution in [0.3, 0.4) is 0 Å². The van der Waals surface area contributed by atoms with E-state index in [0.717, 1.165) is 35.5 Å². The standard InChI is InChI=1S/C25H30ClNO5/c1-25(2,3)32-24(28)27-12-10-16(11-13-27)18-6-5-7-20-23(18)31-22(15-30-20)19-9-8-17(26)14-21(19)29-4/h5-9,14,16,22H,10-13,15H2,1-4H3/t22-/m1/s1. The number of carbonyl (C=O) groups is 1. The van der Waals surface area contributed by atoms with Crippen LogP contribution in [0, 0.1) is 0 Å². The highest BCUT2D eigenvalue weighted by Crippen LogP contribution is 2.45. The van der Waals surface area contributed by atoms with Crippen molar-refractivity contribution in [3.05, 3.63) is 52.5 Å². The summed E-state index contributed by atoms with van der Waals surface area (Å²) in [6, 6.07) is 11.6. The van der Waals surface area contributed by atoms with Crippen LogP contribution >= 0.6 is 11.6 Å². The summed E-state index contributed by atoms with van der Waals surface area (Å²) in [5.41, 5.74) is 1.52. The van der Waals surface area contributed by atoms with Crippen LogP contribution in [0.4, 0.5) is 4.79 Å². The third-order valence-corrected chi connectivity index (χ3v) is 6.02. The maximum Gasteiger partial charge on any atom is 0.410 e. The van der Waals surface area contributed by atoms with Gasteiger partial charge in [-0.15, -0.1) is 0 Å². The lowest BCUT2D eigenvalue weighted by atomic mass is 9.88. The minimum atomic E-state index is -0.491. The van der Waals surface area contributed by atoms with Gasteiger partial charge < -0.3 is 23.8 Å².